The molecule has 2 N–H and O–H groups in total. The van der Waals surface area contributed by atoms with Gasteiger partial charge in [0.25, 0.3) is 0 Å². The first-order valence-corrected chi connectivity index (χ1v) is 7.65. The quantitative estimate of drug-likeness (QED) is 0.752. The Hall–Kier alpha value is -2.48. The van der Waals surface area contributed by atoms with Crippen molar-refractivity contribution in [2.75, 3.05) is 40.5 Å². The van der Waals surface area contributed by atoms with Crippen LogP contribution in [0.15, 0.2) is 18.2 Å². The number of ether oxygens (including phenoxy) is 3. The van der Waals surface area contributed by atoms with Crippen LogP contribution in [0.5, 0.6) is 11.5 Å². The summed E-state index contributed by atoms with van der Waals surface area (Å²) in [4.78, 5) is 24.0. The van der Waals surface area contributed by atoms with E-state index in [0.717, 1.165) is 0 Å². The van der Waals surface area contributed by atoms with Crippen LogP contribution in [-0.2, 0) is 4.74 Å². The van der Waals surface area contributed by atoms with Gasteiger partial charge in [-0.05, 0) is 24.6 Å². The number of nitrogens with one attached hydrogen (secondary N) is 1. The fourth-order valence-corrected chi connectivity index (χ4v) is 2.54. The third kappa shape index (κ3) is 4.51. The van der Waals surface area contributed by atoms with E-state index in [1.807, 2.05) is 0 Å². The fourth-order valence-electron chi connectivity index (χ4n) is 2.54. The normalized spacial score (nSPS) is 17.2. The Labute approximate surface area is 140 Å². The number of rotatable bonds is 6. The Kier molecular flexibility index (Phi) is 6.25. The molecule has 1 heterocycles. The Morgan fingerprint density at radius 1 is 1.33 bits per heavy atom. The third-order valence-electron chi connectivity index (χ3n) is 3.83. The standard InChI is InChI=1S/C16H22N2O6/c1-22-13-4-3-11(15(19)23-2)9-14(13)24-8-5-12-10-18(16(20)21)7-6-17-12/h3-4,9,12,17H,5-8,10H2,1-2H3,(H,20,21)/t12-/m1/s1. The molecule has 1 fully saturated rings. The topological polar surface area (TPSA) is 97.3 Å². The average Bonchev–Trinajstić information content (AvgIpc) is 2.61. The summed E-state index contributed by atoms with van der Waals surface area (Å²) < 4.78 is 15.6. The van der Waals surface area contributed by atoms with E-state index in [0.29, 0.717) is 49.7 Å². The van der Waals surface area contributed by atoms with E-state index in [4.69, 9.17) is 19.3 Å². The number of carboxylic acid groups (broad SMARTS) is 1. The molecule has 0 radical (unpaired) electrons. The molecule has 0 aliphatic carbocycles. The monoisotopic (exact) mass is 338 g/mol. The second-order valence-electron chi connectivity index (χ2n) is 5.37. The summed E-state index contributed by atoms with van der Waals surface area (Å²) in [5.41, 5.74) is 0.376. The third-order valence-corrected chi connectivity index (χ3v) is 3.83. The number of nitrogens with zero attached hydrogens (tertiary/aromatic N) is 1. The summed E-state index contributed by atoms with van der Waals surface area (Å²) in [5, 5.41) is 12.3. The SMILES string of the molecule is COC(=O)c1ccc(OC)c(OCC[C@@H]2CN(C(=O)O)CCN2)c1. The molecule has 1 atom stereocenters. The summed E-state index contributed by atoms with van der Waals surface area (Å²) in [6, 6.07) is 4.85. The van der Waals surface area contributed by atoms with Crippen molar-refractivity contribution in [1.82, 2.24) is 10.2 Å². The van der Waals surface area contributed by atoms with Gasteiger partial charge in [0.2, 0.25) is 0 Å². The first-order valence-electron chi connectivity index (χ1n) is 7.65. The van der Waals surface area contributed by atoms with Gasteiger partial charge >= 0.3 is 12.1 Å². The van der Waals surface area contributed by atoms with Crippen LogP contribution in [0.1, 0.15) is 16.8 Å². The number of benzene rings is 1. The molecule has 1 amide bonds. The van der Waals surface area contributed by atoms with Gasteiger partial charge in [0, 0.05) is 25.7 Å². The van der Waals surface area contributed by atoms with E-state index in [1.54, 1.807) is 18.2 Å². The van der Waals surface area contributed by atoms with Crippen LogP contribution in [0.25, 0.3) is 0 Å². The largest absolute Gasteiger partial charge is 0.493 e. The summed E-state index contributed by atoms with van der Waals surface area (Å²) in [7, 11) is 2.84. The zero-order valence-corrected chi connectivity index (χ0v) is 13.8. The molecule has 0 unspecified atom stereocenters. The van der Waals surface area contributed by atoms with Crippen LogP contribution >= 0.6 is 0 Å². The van der Waals surface area contributed by atoms with Crippen molar-refractivity contribution in [1.29, 1.82) is 0 Å². The lowest BCUT2D eigenvalue weighted by Gasteiger charge is -2.31. The number of carbonyl (C=O) groups excluding carboxylic acids is 1. The lowest BCUT2D eigenvalue weighted by atomic mass is 10.1. The van der Waals surface area contributed by atoms with Crippen LogP contribution in [-0.4, -0.2) is 68.6 Å². The van der Waals surface area contributed by atoms with Crippen LogP contribution in [0.3, 0.4) is 0 Å². The molecule has 1 aliphatic heterocycles. The van der Waals surface area contributed by atoms with Crippen molar-refractivity contribution in [2.45, 2.75) is 12.5 Å². The molecule has 0 saturated carbocycles. The minimum absolute atomic E-state index is 0.0321. The average molecular weight is 338 g/mol. The van der Waals surface area contributed by atoms with Gasteiger partial charge in [0.05, 0.1) is 26.4 Å². The van der Waals surface area contributed by atoms with E-state index in [9.17, 15) is 9.59 Å². The second kappa shape index (κ2) is 8.39. The van der Waals surface area contributed by atoms with Gasteiger partial charge in [-0.15, -0.1) is 0 Å². The number of amides is 1. The molecule has 0 aromatic heterocycles. The highest BCUT2D eigenvalue weighted by Gasteiger charge is 2.22. The molecule has 8 nitrogen and oxygen atoms in total. The van der Waals surface area contributed by atoms with Crippen molar-refractivity contribution >= 4 is 12.1 Å². The molecule has 0 spiro atoms. The van der Waals surface area contributed by atoms with Gasteiger partial charge in [-0.1, -0.05) is 0 Å². The van der Waals surface area contributed by atoms with Gasteiger partial charge in [0.1, 0.15) is 0 Å². The Balaban J connectivity index is 1.93. The lowest BCUT2D eigenvalue weighted by molar-refractivity contribution is 0.0600. The number of esters is 1. The van der Waals surface area contributed by atoms with Crippen molar-refractivity contribution in [3.8, 4) is 11.5 Å². The van der Waals surface area contributed by atoms with Crippen molar-refractivity contribution < 1.29 is 28.9 Å². The summed E-state index contributed by atoms with van der Waals surface area (Å²) >= 11 is 0. The van der Waals surface area contributed by atoms with E-state index in [-0.39, 0.29) is 6.04 Å². The maximum Gasteiger partial charge on any atom is 0.407 e. The summed E-state index contributed by atoms with van der Waals surface area (Å²) in [6.07, 6.45) is -0.273. The number of hydrogen-bond acceptors (Lipinski definition) is 6. The van der Waals surface area contributed by atoms with E-state index in [1.165, 1.54) is 19.1 Å². The number of carbonyl (C=O) groups is 2. The molecule has 2 rings (SSSR count). The van der Waals surface area contributed by atoms with Crippen molar-refractivity contribution in [3.63, 3.8) is 0 Å². The van der Waals surface area contributed by atoms with Crippen LogP contribution in [0.4, 0.5) is 4.79 Å². The fraction of sp³-hybridized carbons (Fsp3) is 0.500. The van der Waals surface area contributed by atoms with E-state index >= 15 is 0 Å². The van der Waals surface area contributed by atoms with Gasteiger partial charge in [-0.25, -0.2) is 9.59 Å². The zero-order chi connectivity index (χ0) is 17.5. The molecular formula is C16H22N2O6. The highest BCUT2D eigenvalue weighted by Crippen LogP contribution is 2.28. The molecule has 1 aromatic rings. The molecule has 132 valence electrons. The van der Waals surface area contributed by atoms with Gasteiger partial charge in [0.15, 0.2) is 11.5 Å². The van der Waals surface area contributed by atoms with Crippen LogP contribution in [0, 0.1) is 0 Å². The Bertz CT molecular complexity index is 592. The van der Waals surface area contributed by atoms with E-state index in [2.05, 4.69) is 5.32 Å². The second-order valence-corrected chi connectivity index (χ2v) is 5.37. The lowest BCUT2D eigenvalue weighted by Crippen LogP contribution is -2.52. The molecule has 1 aliphatic rings. The van der Waals surface area contributed by atoms with Crippen LogP contribution < -0.4 is 14.8 Å². The van der Waals surface area contributed by atoms with Gasteiger partial charge in [-0.3, -0.25) is 0 Å². The molecule has 0 bridgehead atoms. The molecule has 1 aromatic carbocycles. The molecule has 8 heteroatoms. The van der Waals surface area contributed by atoms with Gasteiger partial charge in [-0.2, -0.15) is 0 Å². The highest BCUT2D eigenvalue weighted by molar-refractivity contribution is 5.90. The summed E-state index contributed by atoms with van der Waals surface area (Å²) in [6.45, 7) is 1.91. The molecule has 24 heavy (non-hydrogen) atoms. The predicted octanol–water partition coefficient (Wildman–Crippen LogP) is 1.20. The van der Waals surface area contributed by atoms with Crippen molar-refractivity contribution in [3.05, 3.63) is 23.8 Å². The number of hydrogen-bond donors (Lipinski definition) is 2. The minimum atomic E-state index is -0.908. The minimum Gasteiger partial charge on any atom is -0.493 e. The Morgan fingerprint density at radius 2 is 2.12 bits per heavy atom. The molecular weight excluding hydrogens is 316 g/mol. The highest BCUT2D eigenvalue weighted by atomic mass is 16.5. The molecule has 1 saturated heterocycles. The first kappa shape index (κ1) is 17.9. The smallest absolute Gasteiger partial charge is 0.407 e. The predicted molar refractivity (Wildman–Crippen MR) is 85.8 cm³/mol. The maximum absolute atomic E-state index is 11.6. The Morgan fingerprint density at radius 3 is 2.79 bits per heavy atom. The van der Waals surface area contributed by atoms with E-state index < -0.39 is 12.1 Å². The number of piperazine rings is 1. The first-order chi connectivity index (χ1) is 11.5. The maximum atomic E-state index is 11.6. The van der Waals surface area contributed by atoms with Crippen LogP contribution in [0.2, 0.25) is 0 Å². The zero-order valence-electron chi connectivity index (χ0n) is 13.8. The summed E-state index contributed by atoms with van der Waals surface area (Å²) in [5.74, 6) is 0.520. The van der Waals surface area contributed by atoms with Crippen molar-refractivity contribution in [2.24, 2.45) is 0 Å². The number of methoxy groups -OCH3 is 2. The van der Waals surface area contributed by atoms with Gasteiger partial charge < -0.3 is 29.5 Å².